The van der Waals surface area contributed by atoms with Crippen molar-refractivity contribution in [3.63, 3.8) is 0 Å². The Morgan fingerprint density at radius 1 is 1.47 bits per heavy atom. The van der Waals surface area contributed by atoms with Gasteiger partial charge in [-0.3, -0.25) is 4.68 Å². The number of hydrogen-bond acceptors (Lipinski definition) is 3. The van der Waals surface area contributed by atoms with Crippen LogP contribution >= 0.6 is 0 Å². The van der Waals surface area contributed by atoms with Crippen molar-refractivity contribution in [1.29, 1.82) is 0 Å². The lowest BCUT2D eigenvalue weighted by molar-refractivity contribution is 0.467. The predicted octanol–water partition coefficient (Wildman–Crippen LogP) is 3.06. The van der Waals surface area contributed by atoms with Crippen molar-refractivity contribution in [2.24, 2.45) is 7.05 Å². The first-order valence-corrected chi connectivity index (χ1v) is 5.95. The van der Waals surface area contributed by atoms with Crippen LogP contribution in [0.2, 0.25) is 0 Å². The van der Waals surface area contributed by atoms with Gasteiger partial charge in [0.15, 0.2) is 0 Å². The third-order valence-electron chi connectivity index (χ3n) is 2.80. The van der Waals surface area contributed by atoms with Gasteiger partial charge in [0.1, 0.15) is 11.5 Å². The largest absolute Gasteiger partial charge is 0.464 e. The standard InChI is InChI=1S/C13H19N3O/c1-5-11-12(8-16(4)15-11)14-10(3)13-7-6-9(2)17-13/h6-8,10,14H,5H2,1-4H3. The molecule has 2 aromatic rings. The van der Waals surface area contributed by atoms with E-state index in [1.54, 1.807) is 0 Å². The minimum Gasteiger partial charge on any atom is -0.464 e. The Kier molecular flexibility index (Phi) is 3.22. The molecule has 2 aromatic heterocycles. The monoisotopic (exact) mass is 233 g/mol. The van der Waals surface area contributed by atoms with Gasteiger partial charge in [0.05, 0.1) is 17.4 Å². The van der Waals surface area contributed by atoms with Crippen molar-refractivity contribution < 1.29 is 4.42 Å². The van der Waals surface area contributed by atoms with E-state index >= 15 is 0 Å². The summed E-state index contributed by atoms with van der Waals surface area (Å²) in [6, 6.07) is 4.14. The van der Waals surface area contributed by atoms with E-state index in [0.29, 0.717) is 0 Å². The number of furan rings is 1. The SMILES string of the molecule is CCc1nn(C)cc1NC(C)c1ccc(C)o1. The summed E-state index contributed by atoms with van der Waals surface area (Å²) in [5.41, 5.74) is 2.17. The van der Waals surface area contributed by atoms with E-state index in [0.717, 1.165) is 29.3 Å². The summed E-state index contributed by atoms with van der Waals surface area (Å²) in [4.78, 5) is 0. The minimum atomic E-state index is 0.151. The van der Waals surface area contributed by atoms with Crippen molar-refractivity contribution in [3.05, 3.63) is 35.5 Å². The number of aromatic nitrogens is 2. The Balaban J connectivity index is 2.14. The van der Waals surface area contributed by atoms with Crippen LogP contribution in [0.1, 0.15) is 37.1 Å². The number of anilines is 1. The topological polar surface area (TPSA) is 43.0 Å². The van der Waals surface area contributed by atoms with Gasteiger partial charge in [-0.2, -0.15) is 5.10 Å². The van der Waals surface area contributed by atoms with E-state index in [1.807, 2.05) is 37.0 Å². The molecule has 1 N–H and O–H groups in total. The van der Waals surface area contributed by atoms with Gasteiger partial charge in [-0.05, 0) is 32.4 Å². The zero-order valence-electron chi connectivity index (χ0n) is 10.8. The summed E-state index contributed by atoms with van der Waals surface area (Å²) in [6.45, 7) is 6.15. The van der Waals surface area contributed by atoms with Crippen LogP contribution in [-0.4, -0.2) is 9.78 Å². The Bertz CT molecular complexity index is 498. The van der Waals surface area contributed by atoms with Gasteiger partial charge in [-0.1, -0.05) is 6.92 Å². The Hall–Kier alpha value is -1.71. The molecule has 1 unspecified atom stereocenters. The minimum absolute atomic E-state index is 0.151. The van der Waals surface area contributed by atoms with Crippen LogP contribution in [0.3, 0.4) is 0 Å². The molecule has 0 radical (unpaired) electrons. The van der Waals surface area contributed by atoms with Crippen molar-refractivity contribution >= 4 is 5.69 Å². The van der Waals surface area contributed by atoms with E-state index in [9.17, 15) is 0 Å². The molecule has 0 aliphatic rings. The van der Waals surface area contributed by atoms with Crippen LogP contribution in [0.5, 0.6) is 0 Å². The molecule has 17 heavy (non-hydrogen) atoms. The molecule has 1 atom stereocenters. The van der Waals surface area contributed by atoms with Gasteiger partial charge in [0.25, 0.3) is 0 Å². The molecule has 0 spiro atoms. The molecule has 4 nitrogen and oxygen atoms in total. The smallest absolute Gasteiger partial charge is 0.126 e. The number of hydrogen-bond donors (Lipinski definition) is 1. The maximum absolute atomic E-state index is 5.61. The van der Waals surface area contributed by atoms with Crippen LogP contribution in [-0.2, 0) is 13.5 Å². The molecule has 0 amide bonds. The zero-order chi connectivity index (χ0) is 12.4. The van der Waals surface area contributed by atoms with Crippen LogP contribution in [0.25, 0.3) is 0 Å². The number of nitrogens with zero attached hydrogens (tertiary/aromatic N) is 2. The van der Waals surface area contributed by atoms with Gasteiger partial charge < -0.3 is 9.73 Å². The number of aryl methyl sites for hydroxylation is 3. The van der Waals surface area contributed by atoms with E-state index < -0.39 is 0 Å². The van der Waals surface area contributed by atoms with Crippen molar-refractivity contribution in [2.75, 3.05) is 5.32 Å². The van der Waals surface area contributed by atoms with Crippen molar-refractivity contribution in [2.45, 2.75) is 33.2 Å². The molecule has 0 aromatic carbocycles. The molecule has 0 aliphatic carbocycles. The number of nitrogens with one attached hydrogen (secondary N) is 1. The van der Waals surface area contributed by atoms with Crippen LogP contribution < -0.4 is 5.32 Å². The maximum Gasteiger partial charge on any atom is 0.126 e. The van der Waals surface area contributed by atoms with Gasteiger partial charge in [0, 0.05) is 13.2 Å². The lowest BCUT2D eigenvalue weighted by Gasteiger charge is -2.12. The maximum atomic E-state index is 5.61. The molecule has 4 heteroatoms. The first kappa shape index (κ1) is 11.8. The van der Waals surface area contributed by atoms with Crippen LogP contribution in [0.15, 0.2) is 22.7 Å². The lowest BCUT2D eigenvalue weighted by atomic mass is 10.2. The molecule has 92 valence electrons. The first-order chi connectivity index (χ1) is 8.10. The second kappa shape index (κ2) is 4.65. The third kappa shape index (κ3) is 2.52. The summed E-state index contributed by atoms with van der Waals surface area (Å²) in [6.07, 6.45) is 2.93. The highest BCUT2D eigenvalue weighted by Crippen LogP contribution is 2.23. The lowest BCUT2D eigenvalue weighted by Crippen LogP contribution is -2.06. The van der Waals surface area contributed by atoms with Gasteiger partial charge in [-0.15, -0.1) is 0 Å². The van der Waals surface area contributed by atoms with E-state index in [4.69, 9.17) is 4.42 Å². The van der Waals surface area contributed by atoms with Crippen molar-refractivity contribution in [3.8, 4) is 0 Å². The van der Waals surface area contributed by atoms with Crippen LogP contribution in [0.4, 0.5) is 5.69 Å². The van der Waals surface area contributed by atoms with Gasteiger partial charge in [-0.25, -0.2) is 0 Å². The fourth-order valence-corrected chi connectivity index (χ4v) is 1.91. The summed E-state index contributed by atoms with van der Waals surface area (Å²) in [5.74, 6) is 1.89. The third-order valence-corrected chi connectivity index (χ3v) is 2.80. The van der Waals surface area contributed by atoms with Gasteiger partial charge in [0.2, 0.25) is 0 Å². The van der Waals surface area contributed by atoms with Gasteiger partial charge >= 0.3 is 0 Å². The summed E-state index contributed by atoms with van der Waals surface area (Å²) >= 11 is 0. The Morgan fingerprint density at radius 2 is 2.24 bits per heavy atom. The fraction of sp³-hybridized carbons (Fsp3) is 0.462. The first-order valence-electron chi connectivity index (χ1n) is 5.95. The highest BCUT2D eigenvalue weighted by Gasteiger charge is 2.12. The average Bonchev–Trinajstić information content (AvgIpc) is 2.85. The van der Waals surface area contributed by atoms with E-state index in [-0.39, 0.29) is 6.04 Å². The number of rotatable bonds is 4. The zero-order valence-corrected chi connectivity index (χ0v) is 10.8. The molecule has 0 fully saturated rings. The fourth-order valence-electron chi connectivity index (χ4n) is 1.91. The highest BCUT2D eigenvalue weighted by molar-refractivity contribution is 5.47. The quantitative estimate of drug-likeness (QED) is 0.882. The molecule has 2 heterocycles. The summed E-state index contributed by atoms with van der Waals surface area (Å²) in [5, 5.41) is 7.84. The molecule has 0 saturated carbocycles. The molecular weight excluding hydrogens is 214 g/mol. The predicted molar refractivity (Wildman–Crippen MR) is 68.1 cm³/mol. The second-order valence-corrected chi connectivity index (χ2v) is 4.33. The molecule has 0 saturated heterocycles. The highest BCUT2D eigenvalue weighted by atomic mass is 16.3. The Labute approximate surface area is 102 Å². The van der Waals surface area contributed by atoms with Crippen molar-refractivity contribution in [1.82, 2.24) is 9.78 Å². The molecule has 0 bridgehead atoms. The summed E-state index contributed by atoms with van der Waals surface area (Å²) < 4.78 is 7.44. The molecule has 0 aliphatic heterocycles. The van der Waals surface area contributed by atoms with Crippen LogP contribution in [0, 0.1) is 6.92 Å². The second-order valence-electron chi connectivity index (χ2n) is 4.33. The molecule has 2 rings (SSSR count). The normalized spacial score (nSPS) is 12.7. The average molecular weight is 233 g/mol. The van der Waals surface area contributed by atoms with E-state index in [1.165, 1.54) is 0 Å². The van der Waals surface area contributed by atoms with E-state index in [2.05, 4.69) is 24.3 Å². The molecular formula is C13H19N3O. The summed E-state index contributed by atoms with van der Waals surface area (Å²) in [7, 11) is 1.94. The Morgan fingerprint density at radius 3 is 2.82 bits per heavy atom.